The number of carboxylic acid groups (broad SMARTS) is 2. The van der Waals surface area contributed by atoms with Gasteiger partial charge in [-0.2, -0.15) is 0 Å². The highest BCUT2D eigenvalue weighted by molar-refractivity contribution is 5.89. The molecule has 3 aromatic rings. The second kappa shape index (κ2) is 10.8. The molecule has 4 rings (SSSR count). The molecule has 4 N–H and O–H groups in total. The van der Waals surface area contributed by atoms with Crippen molar-refractivity contribution in [1.82, 2.24) is 10.3 Å². The molecule has 1 aliphatic rings. The van der Waals surface area contributed by atoms with Gasteiger partial charge in [-0.15, -0.1) is 0 Å². The summed E-state index contributed by atoms with van der Waals surface area (Å²) >= 11 is 0. The van der Waals surface area contributed by atoms with Gasteiger partial charge in [0, 0.05) is 23.5 Å². The number of carboxylic acids is 2. The van der Waals surface area contributed by atoms with E-state index in [4.69, 9.17) is 0 Å². The van der Waals surface area contributed by atoms with Crippen LogP contribution in [0.15, 0.2) is 60.8 Å². The second-order valence-corrected chi connectivity index (χ2v) is 9.68. The lowest BCUT2D eigenvalue weighted by molar-refractivity contribution is -0.147. The van der Waals surface area contributed by atoms with E-state index in [9.17, 15) is 24.6 Å². The van der Waals surface area contributed by atoms with Crippen LogP contribution in [0, 0.1) is 11.3 Å². The zero-order chi connectivity index (χ0) is 24.8. The number of amides is 1. The van der Waals surface area contributed by atoms with Gasteiger partial charge in [0.15, 0.2) is 0 Å². The standard InChI is InChI=1S/C28H32N2O5/c31-25(32)20(13-12-19-8-2-1-3-9-19)17-28(14-6-7-15-28)27(35)30-24(26(33)34)16-21-18-29-23-11-5-4-10-22(21)23/h1-5,8-11,18,20,24,29H,6-7,12-17H2,(H,30,35)(H,31,32)(H,33,34)/t20-,24+/m1/s1. The van der Waals surface area contributed by atoms with E-state index in [0.717, 1.165) is 34.9 Å². The van der Waals surface area contributed by atoms with Crippen LogP contribution in [-0.4, -0.2) is 39.1 Å². The van der Waals surface area contributed by atoms with Crippen LogP contribution in [0.25, 0.3) is 10.9 Å². The smallest absolute Gasteiger partial charge is 0.326 e. The number of aromatic nitrogens is 1. The van der Waals surface area contributed by atoms with Crippen LogP contribution in [0.3, 0.4) is 0 Å². The minimum Gasteiger partial charge on any atom is -0.481 e. The fraction of sp³-hybridized carbons (Fsp3) is 0.393. The van der Waals surface area contributed by atoms with Crippen molar-refractivity contribution in [1.29, 1.82) is 0 Å². The molecule has 1 fully saturated rings. The summed E-state index contributed by atoms with van der Waals surface area (Å²) in [5.74, 6) is -3.02. The molecule has 1 amide bonds. The lowest BCUT2D eigenvalue weighted by Crippen LogP contribution is -2.49. The van der Waals surface area contributed by atoms with Gasteiger partial charge in [-0.05, 0) is 49.3 Å². The molecule has 1 aromatic heterocycles. The molecule has 184 valence electrons. The Balaban J connectivity index is 1.48. The largest absolute Gasteiger partial charge is 0.481 e. The first kappa shape index (κ1) is 24.5. The first-order valence-corrected chi connectivity index (χ1v) is 12.2. The normalized spacial score (nSPS) is 16.6. The summed E-state index contributed by atoms with van der Waals surface area (Å²) < 4.78 is 0. The zero-order valence-electron chi connectivity index (χ0n) is 19.7. The molecule has 0 saturated heterocycles. The van der Waals surface area contributed by atoms with Crippen LogP contribution < -0.4 is 5.32 Å². The highest BCUT2D eigenvalue weighted by Gasteiger charge is 2.45. The summed E-state index contributed by atoms with van der Waals surface area (Å²) in [6, 6.07) is 16.3. The maximum absolute atomic E-state index is 13.5. The van der Waals surface area contributed by atoms with Crippen molar-refractivity contribution in [3.8, 4) is 0 Å². The number of carbonyl (C=O) groups excluding carboxylic acids is 1. The van der Waals surface area contributed by atoms with E-state index >= 15 is 0 Å². The monoisotopic (exact) mass is 476 g/mol. The predicted molar refractivity (Wildman–Crippen MR) is 133 cm³/mol. The molecule has 0 bridgehead atoms. The molecule has 0 spiro atoms. The van der Waals surface area contributed by atoms with E-state index in [1.54, 1.807) is 6.20 Å². The van der Waals surface area contributed by atoms with Crippen molar-refractivity contribution < 1.29 is 24.6 Å². The van der Waals surface area contributed by atoms with Crippen molar-refractivity contribution in [2.24, 2.45) is 11.3 Å². The Morgan fingerprint density at radius 2 is 1.63 bits per heavy atom. The molecule has 7 heteroatoms. The second-order valence-electron chi connectivity index (χ2n) is 9.68. The van der Waals surface area contributed by atoms with Crippen molar-refractivity contribution >= 4 is 28.7 Å². The fourth-order valence-electron chi connectivity index (χ4n) is 5.38. The van der Waals surface area contributed by atoms with Gasteiger partial charge in [0.1, 0.15) is 6.04 Å². The van der Waals surface area contributed by atoms with Gasteiger partial charge in [0.05, 0.1) is 11.3 Å². The van der Waals surface area contributed by atoms with Crippen LogP contribution in [0.5, 0.6) is 0 Å². The third-order valence-corrected chi connectivity index (χ3v) is 7.36. The average molecular weight is 477 g/mol. The SMILES string of the molecule is O=C(O)[C@H](CCc1ccccc1)CC1(C(=O)N[C@@H](Cc2c[nH]c3ccccc23)C(=O)O)CCCC1. The van der Waals surface area contributed by atoms with Gasteiger partial charge in [-0.3, -0.25) is 9.59 Å². The minimum absolute atomic E-state index is 0.150. The van der Waals surface area contributed by atoms with Gasteiger partial charge in [-0.1, -0.05) is 61.4 Å². The molecule has 1 heterocycles. The number of carbonyl (C=O) groups is 3. The number of aryl methyl sites for hydroxylation is 1. The number of benzene rings is 2. The Labute approximate surface area is 204 Å². The summed E-state index contributed by atoms with van der Waals surface area (Å²) in [6.45, 7) is 0. The average Bonchev–Trinajstić information content (AvgIpc) is 3.50. The molecule has 1 saturated carbocycles. The van der Waals surface area contributed by atoms with Gasteiger partial charge in [0.2, 0.25) is 5.91 Å². The van der Waals surface area contributed by atoms with Crippen molar-refractivity contribution in [2.75, 3.05) is 0 Å². The molecule has 7 nitrogen and oxygen atoms in total. The summed E-state index contributed by atoms with van der Waals surface area (Å²) in [6.07, 6.45) is 6.03. The van der Waals surface area contributed by atoms with E-state index in [-0.39, 0.29) is 18.7 Å². The molecule has 0 radical (unpaired) electrons. The topological polar surface area (TPSA) is 119 Å². The van der Waals surface area contributed by atoms with Crippen LogP contribution >= 0.6 is 0 Å². The summed E-state index contributed by atoms with van der Waals surface area (Å²) in [5.41, 5.74) is 1.94. The first-order chi connectivity index (χ1) is 16.9. The van der Waals surface area contributed by atoms with E-state index in [1.165, 1.54) is 0 Å². The van der Waals surface area contributed by atoms with Crippen LogP contribution in [0.4, 0.5) is 0 Å². The van der Waals surface area contributed by atoms with E-state index in [1.807, 2.05) is 54.6 Å². The van der Waals surface area contributed by atoms with Gasteiger partial charge in [0.25, 0.3) is 0 Å². The Bertz CT molecular complexity index is 1180. The molecule has 35 heavy (non-hydrogen) atoms. The Kier molecular flexibility index (Phi) is 7.54. The maximum Gasteiger partial charge on any atom is 0.326 e. The predicted octanol–water partition coefficient (Wildman–Crippen LogP) is 4.56. The van der Waals surface area contributed by atoms with Crippen LogP contribution in [-0.2, 0) is 27.2 Å². The maximum atomic E-state index is 13.5. The number of aromatic amines is 1. The fourth-order valence-corrected chi connectivity index (χ4v) is 5.38. The lowest BCUT2D eigenvalue weighted by Gasteiger charge is -2.32. The van der Waals surface area contributed by atoms with Crippen LogP contribution in [0.2, 0.25) is 0 Å². The number of nitrogens with one attached hydrogen (secondary N) is 2. The zero-order valence-corrected chi connectivity index (χ0v) is 19.7. The van der Waals surface area contributed by atoms with Crippen molar-refractivity contribution in [2.45, 2.75) is 57.4 Å². The first-order valence-electron chi connectivity index (χ1n) is 12.2. The molecule has 2 atom stereocenters. The third-order valence-electron chi connectivity index (χ3n) is 7.36. The summed E-state index contributed by atoms with van der Waals surface area (Å²) in [7, 11) is 0. The van der Waals surface area contributed by atoms with E-state index < -0.39 is 29.3 Å². The molecule has 0 unspecified atom stereocenters. The number of rotatable bonds is 11. The Morgan fingerprint density at radius 3 is 2.31 bits per heavy atom. The Morgan fingerprint density at radius 1 is 0.943 bits per heavy atom. The lowest BCUT2D eigenvalue weighted by atomic mass is 9.75. The molecule has 0 aliphatic heterocycles. The van der Waals surface area contributed by atoms with Crippen molar-refractivity contribution in [3.05, 3.63) is 71.9 Å². The Hall–Kier alpha value is -3.61. The molecule has 1 aliphatic carbocycles. The summed E-state index contributed by atoms with van der Waals surface area (Å²) in [5, 5.41) is 23.5. The number of fused-ring (bicyclic) bond motifs is 1. The number of aliphatic carboxylic acids is 2. The molecule has 2 aromatic carbocycles. The van der Waals surface area contributed by atoms with Gasteiger partial charge in [-0.25, -0.2) is 4.79 Å². The number of hydrogen-bond acceptors (Lipinski definition) is 3. The minimum atomic E-state index is -1.10. The van der Waals surface area contributed by atoms with E-state index in [2.05, 4.69) is 10.3 Å². The van der Waals surface area contributed by atoms with Gasteiger partial charge < -0.3 is 20.5 Å². The molecular formula is C28H32N2O5. The van der Waals surface area contributed by atoms with E-state index in [0.29, 0.717) is 25.7 Å². The van der Waals surface area contributed by atoms with Crippen LogP contribution in [0.1, 0.15) is 49.7 Å². The molecular weight excluding hydrogens is 444 g/mol. The quantitative estimate of drug-likeness (QED) is 0.323. The third kappa shape index (κ3) is 5.73. The number of hydrogen-bond donors (Lipinski definition) is 4. The summed E-state index contributed by atoms with van der Waals surface area (Å²) in [4.78, 5) is 40.9. The number of para-hydroxylation sites is 1. The highest BCUT2D eigenvalue weighted by atomic mass is 16.4. The highest BCUT2D eigenvalue weighted by Crippen LogP contribution is 2.44. The van der Waals surface area contributed by atoms with Gasteiger partial charge >= 0.3 is 11.9 Å². The van der Waals surface area contributed by atoms with Crippen molar-refractivity contribution in [3.63, 3.8) is 0 Å². The number of H-pyrrole nitrogens is 1.